The fourth-order valence-electron chi connectivity index (χ4n) is 1.63. The van der Waals surface area contributed by atoms with Gasteiger partial charge in [0.25, 0.3) is 0 Å². The average Bonchev–Trinajstić information content (AvgIpc) is 2.37. The van der Waals surface area contributed by atoms with E-state index in [9.17, 15) is 4.79 Å². The summed E-state index contributed by atoms with van der Waals surface area (Å²) >= 11 is 1.63. The number of rotatable bonds is 4. The van der Waals surface area contributed by atoms with Crippen LogP contribution in [0.3, 0.4) is 0 Å². The molecule has 1 amide bonds. The molecular formula is C14H16N2OS. The van der Waals surface area contributed by atoms with E-state index in [2.05, 4.69) is 24.1 Å². The van der Waals surface area contributed by atoms with Crippen molar-refractivity contribution in [3.05, 3.63) is 36.5 Å². The summed E-state index contributed by atoms with van der Waals surface area (Å²) in [7, 11) is 0. The predicted molar refractivity (Wildman–Crippen MR) is 78.0 cm³/mol. The SMILES string of the molecule is CC(C)SCC(=O)Nc1cccc2cccnc12. The van der Waals surface area contributed by atoms with Crippen LogP contribution in [0.25, 0.3) is 10.9 Å². The summed E-state index contributed by atoms with van der Waals surface area (Å²) < 4.78 is 0. The summed E-state index contributed by atoms with van der Waals surface area (Å²) in [6.07, 6.45) is 1.74. The second-order valence-electron chi connectivity index (χ2n) is 4.29. The lowest BCUT2D eigenvalue weighted by molar-refractivity contribution is -0.113. The van der Waals surface area contributed by atoms with Crippen molar-refractivity contribution < 1.29 is 4.79 Å². The van der Waals surface area contributed by atoms with E-state index in [0.29, 0.717) is 11.0 Å². The highest BCUT2D eigenvalue weighted by Crippen LogP contribution is 2.21. The molecule has 0 aliphatic carbocycles. The number of nitrogens with one attached hydrogen (secondary N) is 1. The monoisotopic (exact) mass is 260 g/mol. The van der Waals surface area contributed by atoms with E-state index in [0.717, 1.165) is 16.6 Å². The smallest absolute Gasteiger partial charge is 0.234 e. The van der Waals surface area contributed by atoms with Gasteiger partial charge in [-0.2, -0.15) is 0 Å². The van der Waals surface area contributed by atoms with E-state index in [-0.39, 0.29) is 5.91 Å². The van der Waals surface area contributed by atoms with Crippen molar-refractivity contribution in [1.29, 1.82) is 0 Å². The van der Waals surface area contributed by atoms with Crippen molar-refractivity contribution in [3.8, 4) is 0 Å². The molecule has 0 saturated carbocycles. The van der Waals surface area contributed by atoms with Gasteiger partial charge >= 0.3 is 0 Å². The van der Waals surface area contributed by atoms with Crippen LogP contribution in [0.1, 0.15) is 13.8 Å². The molecule has 1 N–H and O–H groups in total. The van der Waals surface area contributed by atoms with Crippen molar-refractivity contribution in [2.45, 2.75) is 19.1 Å². The highest BCUT2D eigenvalue weighted by Gasteiger charge is 2.07. The van der Waals surface area contributed by atoms with Gasteiger partial charge in [-0.3, -0.25) is 9.78 Å². The van der Waals surface area contributed by atoms with E-state index in [4.69, 9.17) is 0 Å². The molecule has 1 aromatic heterocycles. The third-order valence-electron chi connectivity index (χ3n) is 2.45. The lowest BCUT2D eigenvalue weighted by Gasteiger charge is -2.08. The molecule has 3 nitrogen and oxygen atoms in total. The Labute approximate surface area is 111 Å². The normalized spacial score (nSPS) is 10.8. The van der Waals surface area contributed by atoms with Crippen LogP contribution in [0.4, 0.5) is 5.69 Å². The number of para-hydroxylation sites is 1. The molecule has 1 heterocycles. The number of amides is 1. The minimum Gasteiger partial charge on any atom is -0.323 e. The standard InChI is InChI=1S/C14H16N2OS/c1-10(2)18-9-13(17)16-12-7-3-5-11-6-4-8-15-14(11)12/h3-8,10H,9H2,1-2H3,(H,16,17). The van der Waals surface area contributed by atoms with Gasteiger partial charge in [0, 0.05) is 11.6 Å². The van der Waals surface area contributed by atoms with Gasteiger partial charge in [0.2, 0.25) is 5.91 Å². The van der Waals surface area contributed by atoms with Crippen LogP contribution in [0.5, 0.6) is 0 Å². The van der Waals surface area contributed by atoms with Crippen LogP contribution in [0.15, 0.2) is 36.5 Å². The summed E-state index contributed by atoms with van der Waals surface area (Å²) in [6, 6.07) is 9.67. The molecule has 0 radical (unpaired) electrons. The Hall–Kier alpha value is -1.55. The van der Waals surface area contributed by atoms with E-state index in [1.165, 1.54) is 0 Å². The fourth-order valence-corrected chi connectivity index (χ4v) is 2.19. The number of anilines is 1. The van der Waals surface area contributed by atoms with Crippen LogP contribution in [-0.2, 0) is 4.79 Å². The molecule has 18 heavy (non-hydrogen) atoms. The minimum absolute atomic E-state index is 0.0202. The number of aromatic nitrogens is 1. The molecule has 0 fully saturated rings. The molecule has 2 aromatic rings. The van der Waals surface area contributed by atoms with Crippen molar-refractivity contribution >= 4 is 34.3 Å². The highest BCUT2D eigenvalue weighted by molar-refractivity contribution is 8.00. The Morgan fingerprint density at radius 3 is 2.89 bits per heavy atom. The van der Waals surface area contributed by atoms with Gasteiger partial charge in [-0.05, 0) is 17.4 Å². The molecule has 0 atom stereocenters. The lowest BCUT2D eigenvalue weighted by atomic mass is 10.2. The van der Waals surface area contributed by atoms with Gasteiger partial charge < -0.3 is 5.32 Å². The van der Waals surface area contributed by atoms with Gasteiger partial charge in [-0.25, -0.2) is 0 Å². The van der Waals surface area contributed by atoms with Gasteiger partial charge in [0.1, 0.15) is 0 Å². The molecule has 0 spiro atoms. The topological polar surface area (TPSA) is 42.0 Å². The molecule has 0 aliphatic rings. The summed E-state index contributed by atoms with van der Waals surface area (Å²) in [5.74, 6) is 0.493. The van der Waals surface area contributed by atoms with Crippen LogP contribution >= 0.6 is 11.8 Å². The van der Waals surface area contributed by atoms with Crippen LogP contribution in [0.2, 0.25) is 0 Å². The Bertz CT molecular complexity index is 549. The summed E-state index contributed by atoms with van der Waals surface area (Å²) in [5, 5.41) is 4.41. The summed E-state index contributed by atoms with van der Waals surface area (Å²) in [5.41, 5.74) is 1.62. The van der Waals surface area contributed by atoms with Crippen molar-refractivity contribution in [3.63, 3.8) is 0 Å². The maximum atomic E-state index is 11.8. The molecule has 4 heteroatoms. The molecule has 94 valence electrons. The number of benzene rings is 1. The van der Waals surface area contributed by atoms with Crippen molar-refractivity contribution in [1.82, 2.24) is 4.98 Å². The largest absolute Gasteiger partial charge is 0.323 e. The minimum atomic E-state index is 0.0202. The first-order chi connectivity index (χ1) is 8.66. The van der Waals surface area contributed by atoms with E-state index in [1.807, 2.05) is 30.3 Å². The molecule has 2 rings (SSSR count). The second kappa shape index (κ2) is 5.87. The van der Waals surface area contributed by atoms with Crippen LogP contribution in [0, 0.1) is 0 Å². The molecular weight excluding hydrogens is 244 g/mol. The lowest BCUT2D eigenvalue weighted by Crippen LogP contribution is -2.15. The number of carbonyl (C=O) groups is 1. The summed E-state index contributed by atoms with van der Waals surface area (Å²) in [6.45, 7) is 4.16. The summed E-state index contributed by atoms with van der Waals surface area (Å²) in [4.78, 5) is 16.1. The highest BCUT2D eigenvalue weighted by atomic mass is 32.2. The Morgan fingerprint density at radius 2 is 2.11 bits per heavy atom. The van der Waals surface area contributed by atoms with E-state index >= 15 is 0 Å². The first-order valence-corrected chi connectivity index (χ1v) is 6.97. The number of carbonyl (C=O) groups excluding carboxylic acids is 1. The quantitative estimate of drug-likeness (QED) is 0.917. The number of pyridine rings is 1. The Kier molecular flexibility index (Phi) is 4.20. The number of fused-ring (bicyclic) bond motifs is 1. The van der Waals surface area contributed by atoms with Crippen molar-refractivity contribution in [2.75, 3.05) is 11.1 Å². The predicted octanol–water partition coefficient (Wildman–Crippen LogP) is 3.31. The van der Waals surface area contributed by atoms with Crippen LogP contribution in [-0.4, -0.2) is 21.9 Å². The maximum Gasteiger partial charge on any atom is 0.234 e. The van der Waals surface area contributed by atoms with Gasteiger partial charge in [-0.15, -0.1) is 11.8 Å². The molecule has 0 bridgehead atoms. The first kappa shape index (κ1) is 12.9. The van der Waals surface area contributed by atoms with E-state index in [1.54, 1.807) is 18.0 Å². The molecule has 0 aliphatic heterocycles. The maximum absolute atomic E-state index is 11.8. The number of thioether (sulfide) groups is 1. The van der Waals surface area contributed by atoms with Gasteiger partial charge in [0.15, 0.2) is 0 Å². The van der Waals surface area contributed by atoms with E-state index < -0.39 is 0 Å². The Morgan fingerprint density at radius 1 is 1.33 bits per heavy atom. The van der Waals surface area contributed by atoms with Crippen molar-refractivity contribution in [2.24, 2.45) is 0 Å². The number of hydrogen-bond acceptors (Lipinski definition) is 3. The number of nitrogens with zero attached hydrogens (tertiary/aromatic N) is 1. The zero-order valence-electron chi connectivity index (χ0n) is 10.5. The third-order valence-corrected chi connectivity index (χ3v) is 3.55. The molecule has 0 saturated heterocycles. The molecule has 0 unspecified atom stereocenters. The third kappa shape index (κ3) is 3.23. The molecule has 1 aromatic carbocycles. The fraction of sp³-hybridized carbons (Fsp3) is 0.286. The van der Waals surface area contributed by atoms with Crippen LogP contribution < -0.4 is 5.32 Å². The number of hydrogen-bond donors (Lipinski definition) is 1. The van der Waals surface area contributed by atoms with Gasteiger partial charge in [-0.1, -0.05) is 32.0 Å². The van der Waals surface area contributed by atoms with Gasteiger partial charge in [0.05, 0.1) is 17.0 Å². The zero-order valence-corrected chi connectivity index (χ0v) is 11.3. The first-order valence-electron chi connectivity index (χ1n) is 5.92. The second-order valence-corrected chi connectivity index (χ2v) is 5.85. The Balaban J connectivity index is 2.14. The zero-order chi connectivity index (χ0) is 13.0. The average molecular weight is 260 g/mol.